The van der Waals surface area contributed by atoms with Crippen molar-refractivity contribution in [3.8, 4) is 0 Å². The van der Waals surface area contributed by atoms with Crippen molar-refractivity contribution in [2.24, 2.45) is 0 Å². The van der Waals surface area contributed by atoms with Gasteiger partial charge in [-0.25, -0.2) is 0 Å². The molecule has 104 valence electrons. The Kier molecular flexibility index (Phi) is 6.51. The minimum atomic E-state index is -1.78. The van der Waals surface area contributed by atoms with Crippen LogP contribution < -0.4 is 0 Å². The molecule has 9 heteroatoms. The fourth-order valence-corrected chi connectivity index (χ4v) is 1.40. The molecular weight excluding hydrogens is 375 g/mol. The minimum absolute atomic E-state index is 0.0869. The van der Waals surface area contributed by atoms with Crippen molar-refractivity contribution in [1.29, 1.82) is 0 Å². The van der Waals surface area contributed by atoms with E-state index in [1.807, 2.05) is 36.4 Å². The average molecular weight is 382 g/mol. The van der Waals surface area contributed by atoms with Crippen molar-refractivity contribution in [3.05, 3.63) is 48.3 Å². The Morgan fingerprint density at radius 2 is 1.21 bits per heavy atom. The molecule has 0 aliphatic carbocycles. The first kappa shape index (κ1) is 17.2. The van der Waals surface area contributed by atoms with Gasteiger partial charge in [-0.05, 0) is 0 Å². The molecule has 3 nitrogen and oxygen atoms in total. The lowest BCUT2D eigenvalue weighted by molar-refractivity contribution is 0.572. The van der Waals surface area contributed by atoms with Gasteiger partial charge in [0.25, 0.3) is 0 Å². The molecule has 0 N–H and O–H groups in total. The van der Waals surface area contributed by atoms with E-state index in [0.29, 0.717) is 0 Å². The van der Waals surface area contributed by atoms with E-state index in [1.54, 1.807) is 0 Å². The van der Waals surface area contributed by atoms with E-state index >= 15 is 0 Å². The van der Waals surface area contributed by atoms with E-state index in [0.717, 1.165) is 4.80 Å². The summed E-state index contributed by atoms with van der Waals surface area (Å²) in [4.78, 5) is 0.814. The summed E-state index contributed by atoms with van der Waals surface area (Å²) >= 11 is 32.9. The number of hydrogen-bond donors (Lipinski definition) is 0. The first-order valence-electron chi connectivity index (χ1n) is 4.78. The van der Waals surface area contributed by atoms with Gasteiger partial charge in [0.1, 0.15) is 5.69 Å². The summed E-state index contributed by atoms with van der Waals surface area (Å²) in [6.07, 6.45) is 1.20. The Labute approximate surface area is 140 Å². The van der Waals surface area contributed by atoms with Crippen LogP contribution in [-0.2, 0) is 7.71 Å². The van der Waals surface area contributed by atoms with Crippen LogP contribution in [0.25, 0.3) is 0 Å². The van der Waals surface area contributed by atoms with Crippen LogP contribution in [0.4, 0.5) is 0 Å². The van der Waals surface area contributed by atoms with E-state index < -0.39 is 7.71 Å². The second kappa shape index (κ2) is 7.21. The standard InChI is InChI=1S/C6H6.C4HCl6N3/c1-2-4-6-5-3-1;5-3(6,7)2-1-11-13(12-2)4(8,9)10/h1-6H;1H. The Balaban J connectivity index is 0.000000250. The third kappa shape index (κ3) is 6.39. The first-order valence-corrected chi connectivity index (χ1v) is 7.05. The molecular formula is C10H7Cl6N3. The molecule has 0 aliphatic heterocycles. The van der Waals surface area contributed by atoms with E-state index in [4.69, 9.17) is 69.6 Å². The van der Waals surface area contributed by atoms with E-state index in [9.17, 15) is 0 Å². The molecule has 2 rings (SSSR count). The zero-order valence-electron chi connectivity index (χ0n) is 9.15. The fourth-order valence-electron chi connectivity index (χ4n) is 0.900. The second-order valence-electron chi connectivity index (χ2n) is 3.14. The lowest BCUT2D eigenvalue weighted by Gasteiger charge is -2.09. The monoisotopic (exact) mass is 379 g/mol. The Morgan fingerprint density at radius 3 is 1.42 bits per heavy atom. The SMILES string of the molecule is ClC(Cl)(Cl)c1cnn(C(Cl)(Cl)Cl)n1.c1ccccc1. The highest BCUT2D eigenvalue weighted by molar-refractivity contribution is 6.66. The van der Waals surface area contributed by atoms with Crippen LogP contribution in [0.5, 0.6) is 0 Å². The summed E-state index contributed by atoms with van der Waals surface area (Å²) in [5, 5.41) is 7.28. The molecule has 0 spiro atoms. The van der Waals surface area contributed by atoms with Crippen LogP contribution in [0.1, 0.15) is 5.69 Å². The molecule has 19 heavy (non-hydrogen) atoms. The van der Waals surface area contributed by atoms with Gasteiger partial charge < -0.3 is 0 Å². The molecule has 1 heterocycles. The first-order chi connectivity index (χ1) is 8.71. The van der Waals surface area contributed by atoms with Crippen molar-refractivity contribution >= 4 is 69.6 Å². The number of rotatable bonds is 0. The van der Waals surface area contributed by atoms with Crippen LogP contribution in [0, 0.1) is 0 Å². The van der Waals surface area contributed by atoms with Gasteiger partial charge in [0.15, 0.2) is 0 Å². The highest BCUT2D eigenvalue weighted by Crippen LogP contribution is 2.38. The number of halogens is 6. The van der Waals surface area contributed by atoms with Crippen LogP contribution in [0.3, 0.4) is 0 Å². The van der Waals surface area contributed by atoms with Crippen molar-refractivity contribution in [2.45, 2.75) is 7.71 Å². The summed E-state index contributed by atoms with van der Waals surface area (Å²) < 4.78 is -3.46. The van der Waals surface area contributed by atoms with Crippen molar-refractivity contribution in [3.63, 3.8) is 0 Å². The summed E-state index contributed by atoms with van der Waals surface area (Å²) in [6.45, 7) is 0. The molecule has 0 unspecified atom stereocenters. The maximum absolute atomic E-state index is 5.51. The van der Waals surface area contributed by atoms with Crippen molar-refractivity contribution < 1.29 is 0 Å². The Bertz CT molecular complexity index is 433. The zero-order chi connectivity index (χ0) is 14.5. The zero-order valence-corrected chi connectivity index (χ0v) is 13.7. The third-order valence-electron chi connectivity index (χ3n) is 1.68. The predicted octanol–water partition coefficient (Wildman–Crippen LogP) is 5.08. The van der Waals surface area contributed by atoms with Crippen molar-refractivity contribution in [1.82, 2.24) is 15.0 Å². The van der Waals surface area contributed by atoms with Crippen LogP contribution in [0.15, 0.2) is 42.6 Å². The molecule has 0 saturated heterocycles. The molecule has 1 aromatic carbocycles. The van der Waals surface area contributed by atoms with Gasteiger partial charge >= 0.3 is 3.92 Å². The molecule has 0 atom stereocenters. The molecule has 0 radical (unpaired) electrons. The largest absolute Gasteiger partial charge is 0.303 e. The molecule has 0 amide bonds. The quantitative estimate of drug-likeness (QED) is 0.596. The van der Waals surface area contributed by atoms with Gasteiger partial charge in [-0.3, -0.25) is 0 Å². The molecule has 0 bridgehead atoms. The summed E-state index contributed by atoms with van der Waals surface area (Å²) in [5.74, 6) is 0. The number of alkyl halides is 6. The topological polar surface area (TPSA) is 30.7 Å². The van der Waals surface area contributed by atoms with Gasteiger partial charge in [0, 0.05) is 0 Å². The van der Waals surface area contributed by atoms with Gasteiger partial charge in [-0.2, -0.15) is 5.10 Å². The maximum Gasteiger partial charge on any atom is 0.303 e. The Hall–Kier alpha value is 0.1000. The van der Waals surface area contributed by atoms with E-state index in [2.05, 4.69) is 10.2 Å². The minimum Gasteiger partial charge on any atom is -0.157 e. The van der Waals surface area contributed by atoms with Crippen molar-refractivity contribution in [2.75, 3.05) is 0 Å². The molecule has 0 aliphatic rings. The molecule has 0 saturated carbocycles. The van der Waals surface area contributed by atoms with Gasteiger partial charge in [-0.15, -0.1) is 9.90 Å². The molecule has 2 aromatic rings. The highest BCUT2D eigenvalue weighted by Gasteiger charge is 2.31. The van der Waals surface area contributed by atoms with E-state index in [-0.39, 0.29) is 5.69 Å². The highest BCUT2D eigenvalue weighted by atomic mass is 35.6. The fraction of sp³-hybridized carbons (Fsp3) is 0.200. The lowest BCUT2D eigenvalue weighted by Crippen LogP contribution is -2.17. The van der Waals surface area contributed by atoms with Crippen LogP contribution in [0.2, 0.25) is 0 Å². The van der Waals surface area contributed by atoms with Gasteiger partial charge in [0.2, 0.25) is 3.79 Å². The summed E-state index contributed by atoms with van der Waals surface area (Å²) in [6, 6.07) is 12.0. The van der Waals surface area contributed by atoms with E-state index in [1.165, 1.54) is 6.20 Å². The second-order valence-corrected chi connectivity index (χ2v) is 7.64. The van der Waals surface area contributed by atoms with Gasteiger partial charge in [-0.1, -0.05) is 106 Å². The van der Waals surface area contributed by atoms with Crippen LogP contribution in [-0.4, -0.2) is 15.0 Å². The normalized spacial score (nSPS) is 11.7. The summed E-state index contributed by atoms with van der Waals surface area (Å²) in [5.41, 5.74) is 0.0869. The van der Waals surface area contributed by atoms with Crippen LogP contribution >= 0.6 is 69.6 Å². The number of hydrogen-bond acceptors (Lipinski definition) is 2. The number of nitrogens with zero attached hydrogens (tertiary/aromatic N) is 3. The molecule has 0 fully saturated rings. The summed E-state index contributed by atoms with van der Waals surface area (Å²) in [7, 11) is 0. The number of benzene rings is 1. The van der Waals surface area contributed by atoms with Gasteiger partial charge in [0.05, 0.1) is 6.20 Å². The average Bonchev–Trinajstić information content (AvgIpc) is 2.80. The number of aromatic nitrogens is 3. The lowest BCUT2D eigenvalue weighted by atomic mass is 10.4. The third-order valence-corrected chi connectivity index (χ3v) is 2.71. The maximum atomic E-state index is 5.51. The smallest absolute Gasteiger partial charge is 0.157 e. The Morgan fingerprint density at radius 1 is 0.789 bits per heavy atom. The predicted molar refractivity (Wildman–Crippen MR) is 81.2 cm³/mol. The molecule has 1 aromatic heterocycles.